The van der Waals surface area contributed by atoms with Gasteiger partial charge in [0.05, 0.1) is 13.2 Å². The Balaban J connectivity index is 1.63. The lowest BCUT2D eigenvalue weighted by atomic mass is 9.98. The molecule has 0 aliphatic rings. The average molecular weight is 532 g/mol. The monoisotopic (exact) mass is 531 g/mol. The second-order valence-corrected chi connectivity index (χ2v) is 9.80. The summed E-state index contributed by atoms with van der Waals surface area (Å²) in [6.45, 7) is 10.6. The predicted octanol–water partition coefficient (Wildman–Crippen LogP) is 6.32. The number of hydrogen-bond acceptors (Lipinski definition) is 7. The van der Waals surface area contributed by atoms with Crippen molar-refractivity contribution in [2.24, 2.45) is 0 Å². The summed E-state index contributed by atoms with van der Waals surface area (Å²) in [5.74, 6) is 1.32. The van der Waals surface area contributed by atoms with E-state index in [1.165, 1.54) is 5.56 Å². The predicted molar refractivity (Wildman–Crippen MR) is 152 cm³/mol. The Morgan fingerprint density at radius 2 is 1.56 bits per heavy atom. The molecule has 0 spiro atoms. The number of aromatic nitrogens is 7. The summed E-state index contributed by atoms with van der Waals surface area (Å²) in [6.07, 6.45) is 6.25. The van der Waals surface area contributed by atoms with Crippen LogP contribution in [0.2, 0.25) is 0 Å². The maximum Gasteiger partial charge on any atom is 0.232 e. The Morgan fingerprint density at radius 1 is 0.846 bits per heavy atom. The molecule has 0 bridgehead atoms. The van der Waals surface area contributed by atoms with Gasteiger partial charge in [-0.2, -0.15) is 5.10 Å². The highest BCUT2D eigenvalue weighted by Crippen LogP contribution is 2.33. The maximum atomic E-state index is 6.36. The fourth-order valence-corrected chi connectivity index (χ4v) is 4.64. The minimum absolute atomic E-state index is 0.607. The van der Waals surface area contributed by atoms with E-state index in [0.29, 0.717) is 31.3 Å². The number of hydrogen-bond donors (Lipinski definition) is 1. The Kier molecular flexibility index (Phi) is 10.3. The standard InChI is InChI=1S/C30H41N7O2/c1-5-9-19-37-27(31-29(34-37)30(18-6-2,38-20-7-3)39-21-8-4)22-23-14-16-24(17-15-23)25-12-10-11-13-26(25)28-32-35-36-33-28/h10-17H,5-9,18-22H2,1-4H3,(H,32,33,35,36). The molecule has 0 amide bonds. The highest BCUT2D eigenvalue weighted by atomic mass is 16.7. The van der Waals surface area contributed by atoms with Crippen LogP contribution in [-0.4, -0.2) is 48.6 Å². The van der Waals surface area contributed by atoms with E-state index in [0.717, 1.165) is 67.6 Å². The van der Waals surface area contributed by atoms with E-state index < -0.39 is 5.79 Å². The Bertz CT molecular complexity index is 1260. The van der Waals surface area contributed by atoms with Crippen LogP contribution in [0.25, 0.3) is 22.5 Å². The summed E-state index contributed by atoms with van der Waals surface area (Å²) in [5.41, 5.74) is 4.30. The molecule has 9 heteroatoms. The number of nitrogens with zero attached hydrogens (tertiary/aromatic N) is 6. The summed E-state index contributed by atoms with van der Waals surface area (Å²) >= 11 is 0. The van der Waals surface area contributed by atoms with Crippen LogP contribution in [0.15, 0.2) is 48.5 Å². The van der Waals surface area contributed by atoms with Gasteiger partial charge in [0.15, 0.2) is 5.82 Å². The molecule has 9 nitrogen and oxygen atoms in total. The first kappa shape index (κ1) is 28.6. The van der Waals surface area contributed by atoms with E-state index in [-0.39, 0.29) is 0 Å². The van der Waals surface area contributed by atoms with Gasteiger partial charge in [-0.05, 0) is 46.4 Å². The molecule has 2 heterocycles. The number of H-pyrrole nitrogens is 1. The SMILES string of the molecule is CCCCn1nc(C(CCC)(OCCC)OCCC)nc1Cc1ccc(-c2ccccc2-c2nnn[nH]2)cc1. The molecule has 1 N–H and O–H groups in total. The molecule has 0 aliphatic carbocycles. The van der Waals surface area contributed by atoms with Crippen molar-refractivity contribution in [2.45, 2.75) is 85.0 Å². The van der Waals surface area contributed by atoms with Crippen LogP contribution in [0.1, 0.15) is 83.4 Å². The molecular weight excluding hydrogens is 490 g/mol. The van der Waals surface area contributed by atoms with Gasteiger partial charge in [-0.15, -0.1) is 5.10 Å². The van der Waals surface area contributed by atoms with Crippen LogP contribution in [0.3, 0.4) is 0 Å². The van der Waals surface area contributed by atoms with Crippen molar-refractivity contribution in [3.05, 3.63) is 65.7 Å². The molecule has 2 aromatic carbocycles. The molecule has 39 heavy (non-hydrogen) atoms. The van der Waals surface area contributed by atoms with Gasteiger partial charge in [0.25, 0.3) is 0 Å². The third-order valence-corrected chi connectivity index (χ3v) is 6.63. The molecule has 4 rings (SSSR count). The molecule has 0 saturated heterocycles. The van der Waals surface area contributed by atoms with Gasteiger partial charge in [-0.1, -0.05) is 89.1 Å². The summed E-state index contributed by atoms with van der Waals surface area (Å²) in [4.78, 5) is 5.06. The van der Waals surface area contributed by atoms with Crippen molar-refractivity contribution in [1.29, 1.82) is 0 Å². The molecule has 0 unspecified atom stereocenters. The minimum Gasteiger partial charge on any atom is -0.343 e. The number of tetrazole rings is 1. The fourth-order valence-electron chi connectivity index (χ4n) is 4.64. The summed E-state index contributed by atoms with van der Waals surface area (Å²) < 4.78 is 14.8. The minimum atomic E-state index is -0.907. The van der Waals surface area contributed by atoms with Crippen LogP contribution in [-0.2, 0) is 28.2 Å². The first-order valence-electron chi connectivity index (χ1n) is 14.3. The number of aromatic amines is 1. The molecule has 4 aromatic rings. The van der Waals surface area contributed by atoms with Crippen molar-refractivity contribution in [3.63, 3.8) is 0 Å². The normalized spacial score (nSPS) is 11.8. The highest BCUT2D eigenvalue weighted by molar-refractivity contribution is 5.80. The van der Waals surface area contributed by atoms with Crippen LogP contribution in [0.5, 0.6) is 0 Å². The lowest BCUT2D eigenvalue weighted by Crippen LogP contribution is -2.35. The number of benzene rings is 2. The van der Waals surface area contributed by atoms with Gasteiger partial charge >= 0.3 is 0 Å². The van der Waals surface area contributed by atoms with Crippen LogP contribution in [0, 0.1) is 0 Å². The molecule has 208 valence electrons. The number of unbranched alkanes of at least 4 members (excludes halogenated alkanes) is 1. The average Bonchev–Trinajstić information content (AvgIpc) is 3.65. The van der Waals surface area contributed by atoms with E-state index in [4.69, 9.17) is 19.6 Å². The zero-order valence-electron chi connectivity index (χ0n) is 23.7. The zero-order chi connectivity index (χ0) is 27.5. The smallest absolute Gasteiger partial charge is 0.232 e. The van der Waals surface area contributed by atoms with E-state index in [9.17, 15) is 0 Å². The molecule has 2 aromatic heterocycles. The topological polar surface area (TPSA) is 104 Å². The van der Waals surface area contributed by atoms with E-state index >= 15 is 0 Å². The number of rotatable bonds is 16. The van der Waals surface area contributed by atoms with Gasteiger partial charge in [-0.3, -0.25) is 0 Å². The number of nitrogens with one attached hydrogen (secondary N) is 1. The van der Waals surface area contributed by atoms with Crippen molar-refractivity contribution in [1.82, 2.24) is 35.4 Å². The Labute approximate surface area is 231 Å². The lowest BCUT2D eigenvalue weighted by Gasteiger charge is -2.31. The highest BCUT2D eigenvalue weighted by Gasteiger charge is 2.38. The molecule has 0 fully saturated rings. The van der Waals surface area contributed by atoms with Crippen molar-refractivity contribution in [2.75, 3.05) is 13.2 Å². The second kappa shape index (κ2) is 14.1. The van der Waals surface area contributed by atoms with Crippen molar-refractivity contribution in [3.8, 4) is 22.5 Å². The zero-order valence-corrected chi connectivity index (χ0v) is 23.7. The molecule has 0 radical (unpaired) electrons. The third-order valence-electron chi connectivity index (χ3n) is 6.63. The van der Waals surface area contributed by atoms with Crippen LogP contribution >= 0.6 is 0 Å². The summed E-state index contributed by atoms with van der Waals surface area (Å²) in [5, 5.41) is 19.4. The summed E-state index contributed by atoms with van der Waals surface area (Å²) in [7, 11) is 0. The van der Waals surface area contributed by atoms with Crippen LogP contribution in [0.4, 0.5) is 0 Å². The van der Waals surface area contributed by atoms with Gasteiger partial charge in [0.1, 0.15) is 5.82 Å². The van der Waals surface area contributed by atoms with Gasteiger partial charge in [0, 0.05) is 24.9 Å². The maximum absolute atomic E-state index is 6.36. The first-order chi connectivity index (χ1) is 19.1. The van der Waals surface area contributed by atoms with Gasteiger partial charge in [0.2, 0.25) is 11.6 Å². The first-order valence-corrected chi connectivity index (χ1v) is 14.3. The molecule has 0 atom stereocenters. The van der Waals surface area contributed by atoms with Crippen LogP contribution < -0.4 is 0 Å². The Hall–Kier alpha value is -3.43. The van der Waals surface area contributed by atoms with E-state index in [1.54, 1.807) is 0 Å². The van der Waals surface area contributed by atoms with E-state index in [1.807, 2.05) is 22.9 Å². The van der Waals surface area contributed by atoms with Gasteiger partial charge in [-0.25, -0.2) is 14.8 Å². The Morgan fingerprint density at radius 3 is 2.18 bits per heavy atom. The molecule has 0 saturated carbocycles. The molecular formula is C30H41N7O2. The van der Waals surface area contributed by atoms with Gasteiger partial charge < -0.3 is 9.47 Å². The fraction of sp³-hybridized carbons (Fsp3) is 0.500. The van der Waals surface area contributed by atoms with E-state index in [2.05, 4.69) is 78.7 Å². The van der Waals surface area contributed by atoms with Crippen molar-refractivity contribution < 1.29 is 9.47 Å². The number of ether oxygens (including phenoxy) is 2. The third kappa shape index (κ3) is 6.96. The molecule has 0 aliphatic heterocycles. The largest absolute Gasteiger partial charge is 0.343 e. The second-order valence-electron chi connectivity index (χ2n) is 9.80. The lowest BCUT2D eigenvalue weighted by molar-refractivity contribution is -0.256. The summed E-state index contributed by atoms with van der Waals surface area (Å²) in [6, 6.07) is 16.7. The quantitative estimate of drug-likeness (QED) is 0.169. The van der Waals surface area contributed by atoms with Crippen molar-refractivity contribution >= 4 is 0 Å². The number of aryl methyl sites for hydroxylation is 1.